The number of aromatic nitrogens is 2. The highest BCUT2D eigenvalue weighted by Gasteiger charge is 2.11. The van der Waals surface area contributed by atoms with Crippen LogP contribution in [0.5, 0.6) is 11.5 Å². The molecule has 0 bridgehead atoms. The van der Waals surface area contributed by atoms with E-state index in [1.807, 2.05) is 31.2 Å². The zero-order valence-electron chi connectivity index (χ0n) is 18.8. The monoisotopic (exact) mass is 456 g/mol. The van der Waals surface area contributed by atoms with E-state index in [0.717, 1.165) is 11.1 Å². The van der Waals surface area contributed by atoms with E-state index < -0.39 is 0 Å². The fourth-order valence-corrected chi connectivity index (χ4v) is 3.61. The molecule has 7 nitrogen and oxygen atoms in total. The number of rotatable bonds is 7. The molecule has 0 fully saturated rings. The number of H-pyrrole nitrogens is 1. The number of hydrogen-bond acceptors (Lipinski definition) is 5. The van der Waals surface area contributed by atoms with E-state index in [-0.39, 0.29) is 29.6 Å². The van der Waals surface area contributed by atoms with Crippen molar-refractivity contribution in [3.8, 4) is 28.4 Å². The number of allylic oxidation sites excluding steroid dienone is 1. The van der Waals surface area contributed by atoms with Crippen molar-refractivity contribution in [1.29, 1.82) is 0 Å². The van der Waals surface area contributed by atoms with Crippen molar-refractivity contribution >= 4 is 11.9 Å². The number of methoxy groups -OCH3 is 1. The van der Waals surface area contributed by atoms with E-state index in [1.54, 1.807) is 48.7 Å². The summed E-state index contributed by atoms with van der Waals surface area (Å²) in [4.78, 5) is 28.2. The van der Waals surface area contributed by atoms with E-state index in [4.69, 9.17) is 4.74 Å². The van der Waals surface area contributed by atoms with E-state index >= 15 is 0 Å². The number of nitrogens with one attached hydrogen (secondary N) is 1. The molecule has 0 spiro atoms. The molecule has 0 atom stereocenters. The molecule has 0 aliphatic rings. The Hall–Kier alpha value is -4.36. The maximum absolute atomic E-state index is 12.8. The van der Waals surface area contributed by atoms with Crippen LogP contribution in [0.4, 0.5) is 0 Å². The van der Waals surface area contributed by atoms with Crippen molar-refractivity contribution in [1.82, 2.24) is 9.55 Å². The first-order chi connectivity index (χ1) is 16.4. The molecule has 0 aliphatic heterocycles. The maximum atomic E-state index is 12.8. The minimum absolute atomic E-state index is 0.136. The Kier molecular flexibility index (Phi) is 6.47. The number of ketones is 1. The van der Waals surface area contributed by atoms with Crippen LogP contribution in [-0.2, 0) is 6.61 Å². The lowest BCUT2D eigenvalue weighted by atomic mass is 10.1. The number of carbonyl (C=O) groups is 1. The van der Waals surface area contributed by atoms with Gasteiger partial charge in [-0.05, 0) is 48.4 Å². The Balaban J connectivity index is 1.60. The number of hydrogen-bond donors (Lipinski definition) is 3. The minimum atomic E-state index is -0.365. The summed E-state index contributed by atoms with van der Waals surface area (Å²) < 4.78 is 6.59. The molecule has 0 saturated carbocycles. The molecule has 0 radical (unpaired) electrons. The number of nitrogens with zero attached hydrogens (tertiary/aromatic N) is 1. The highest BCUT2D eigenvalue weighted by Crippen LogP contribution is 2.32. The molecule has 3 N–H and O–H groups in total. The van der Waals surface area contributed by atoms with Crippen molar-refractivity contribution in [2.75, 3.05) is 7.11 Å². The lowest BCUT2D eigenvalue weighted by molar-refractivity contribution is 0.104. The van der Waals surface area contributed by atoms with Gasteiger partial charge in [0, 0.05) is 17.3 Å². The Morgan fingerprint density at radius 3 is 2.59 bits per heavy atom. The number of benzene rings is 3. The summed E-state index contributed by atoms with van der Waals surface area (Å²) in [5.74, 6) is -0.193. The summed E-state index contributed by atoms with van der Waals surface area (Å²) >= 11 is 0. The number of aliphatic hydroxyl groups is 1. The Labute approximate surface area is 196 Å². The molecule has 0 unspecified atom stereocenters. The van der Waals surface area contributed by atoms with Gasteiger partial charge in [0.05, 0.1) is 25.1 Å². The molecule has 1 aromatic heterocycles. The summed E-state index contributed by atoms with van der Waals surface area (Å²) in [5.41, 5.74) is 4.26. The molecular weight excluding hydrogens is 432 g/mol. The Morgan fingerprint density at radius 1 is 1.12 bits per heavy atom. The number of imidazole rings is 1. The third kappa shape index (κ3) is 4.69. The predicted octanol–water partition coefficient (Wildman–Crippen LogP) is 4.24. The summed E-state index contributed by atoms with van der Waals surface area (Å²) in [7, 11) is 1.41. The SMILES string of the molecule is COc1cc(/C=C/C(=O)c2cccc(-n3cc(-c4ccc(C)cc4)[nH]c3=O)c2)cc(CO)c1O. The van der Waals surface area contributed by atoms with Gasteiger partial charge in [0.25, 0.3) is 0 Å². The van der Waals surface area contributed by atoms with Crippen molar-refractivity contribution in [3.05, 3.63) is 106 Å². The molecule has 7 heteroatoms. The lowest BCUT2D eigenvalue weighted by Gasteiger charge is -2.08. The molecule has 3 aromatic carbocycles. The molecule has 0 saturated heterocycles. The zero-order chi connectivity index (χ0) is 24.2. The highest BCUT2D eigenvalue weighted by atomic mass is 16.5. The van der Waals surface area contributed by atoms with Crippen LogP contribution in [-0.4, -0.2) is 32.7 Å². The van der Waals surface area contributed by atoms with Crippen LogP contribution in [0.2, 0.25) is 0 Å². The fourth-order valence-electron chi connectivity index (χ4n) is 3.61. The van der Waals surface area contributed by atoms with Gasteiger partial charge in [0.1, 0.15) is 0 Å². The van der Waals surface area contributed by atoms with Crippen molar-refractivity contribution in [3.63, 3.8) is 0 Å². The zero-order valence-corrected chi connectivity index (χ0v) is 18.8. The van der Waals surface area contributed by atoms with Gasteiger partial charge in [-0.1, -0.05) is 48.0 Å². The molecule has 0 amide bonds. The Morgan fingerprint density at radius 2 is 1.88 bits per heavy atom. The van der Waals surface area contributed by atoms with E-state index in [0.29, 0.717) is 28.1 Å². The fraction of sp³-hybridized carbons (Fsp3) is 0.111. The number of aromatic hydroxyl groups is 1. The number of phenols is 1. The third-order valence-corrected chi connectivity index (χ3v) is 5.48. The molecule has 0 aliphatic carbocycles. The average molecular weight is 456 g/mol. The molecule has 172 valence electrons. The number of ether oxygens (including phenoxy) is 1. The van der Waals surface area contributed by atoms with Gasteiger partial charge >= 0.3 is 5.69 Å². The summed E-state index contributed by atoms with van der Waals surface area (Å²) in [6.45, 7) is 1.63. The van der Waals surface area contributed by atoms with E-state index in [1.165, 1.54) is 17.8 Å². The van der Waals surface area contributed by atoms with Crippen molar-refractivity contribution < 1.29 is 19.7 Å². The lowest BCUT2D eigenvalue weighted by Crippen LogP contribution is -2.14. The molecule has 1 heterocycles. The quantitative estimate of drug-likeness (QED) is 0.285. The van der Waals surface area contributed by atoms with Gasteiger partial charge in [0.15, 0.2) is 17.3 Å². The second kappa shape index (κ2) is 9.64. The second-order valence-corrected chi connectivity index (χ2v) is 7.85. The van der Waals surface area contributed by atoms with Gasteiger partial charge < -0.3 is 19.9 Å². The smallest absolute Gasteiger partial charge is 0.330 e. The van der Waals surface area contributed by atoms with Crippen LogP contribution in [0, 0.1) is 6.92 Å². The second-order valence-electron chi connectivity index (χ2n) is 7.85. The standard InChI is InChI=1S/C27H24N2O5/c1-17-6-9-19(10-7-17)23-15-29(27(33)28-23)22-5-3-4-20(14-22)24(31)11-8-18-12-21(16-30)26(32)25(13-18)34-2/h3-15,30,32H,16H2,1-2H3,(H,28,33)/b11-8+. The first-order valence-electron chi connectivity index (χ1n) is 10.6. The number of aliphatic hydroxyl groups excluding tert-OH is 1. The largest absolute Gasteiger partial charge is 0.504 e. The third-order valence-electron chi connectivity index (χ3n) is 5.48. The number of aromatic amines is 1. The number of aryl methyl sites for hydroxylation is 1. The van der Waals surface area contributed by atoms with Gasteiger partial charge in [-0.2, -0.15) is 0 Å². The maximum Gasteiger partial charge on any atom is 0.330 e. The molecule has 34 heavy (non-hydrogen) atoms. The molecule has 4 aromatic rings. The first-order valence-corrected chi connectivity index (χ1v) is 10.6. The molecular formula is C27H24N2O5. The van der Waals surface area contributed by atoms with Gasteiger partial charge in [-0.15, -0.1) is 0 Å². The molecule has 4 rings (SSSR count). The summed E-state index contributed by atoms with van der Waals surface area (Å²) in [5, 5.41) is 19.4. The Bertz CT molecular complexity index is 1400. The van der Waals surface area contributed by atoms with Gasteiger partial charge in [-0.25, -0.2) is 4.79 Å². The number of carbonyl (C=O) groups excluding carboxylic acids is 1. The van der Waals surface area contributed by atoms with Crippen LogP contribution in [0.15, 0.2) is 77.7 Å². The predicted molar refractivity (Wildman–Crippen MR) is 131 cm³/mol. The minimum Gasteiger partial charge on any atom is -0.504 e. The summed E-state index contributed by atoms with van der Waals surface area (Å²) in [6.07, 6.45) is 4.68. The highest BCUT2D eigenvalue weighted by molar-refractivity contribution is 6.07. The first kappa shape index (κ1) is 22.8. The topological polar surface area (TPSA) is 105 Å². The van der Waals surface area contributed by atoms with Crippen LogP contribution >= 0.6 is 0 Å². The van der Waals surface area contributed by atoms with Crippen LogP contribution in [0.25, 0.3) is 23.0 Å². The van der Waals surface area contributed by atoms with Crippen molar-refractivity contribution in [2.24, 2.45) is 0 Å². The summed E-state index contributed by atoms with van der Waals surface area (Å²) in [6, 6.07) is 17.8. The normalized spacial score (nSPS) is 11.1. The van der Waals surface area contributed by atoms with Gasteiger partial charge in [-0.3, -0.25) is 9.36 Å². The van der Waals surface area contributed by atoms with Crippen LogP contribution < -0.4 is 10.4 Å². The van der Waals surface area contributed by atoms with Crippen molar-refractivity contribution in [2.45, 2.75) is 13.5 Å². The van der Waals surface area contributed by atoms with Crippen LogP contribution in [0.1, 0.15) is 27.0 Å². The van der Waals surface area contributed by atoms with E-state index in [9.17, 15) is 19.8 Å². The van der Waals surface area contributed by atoms with Crippen LogP contribution in [0.3, 0.4) is 0 Å². The van der Waals surface area contributed by atoms with E-state index in [2.05, 4.69) is 4.98 Å². The average Bonchev–Trinajstić information content (AvgIpc) is 3.25. The van der Waals surface area contributed by atoms with Gasteiger partial charge in [0.2, 0.25) is 0 Å².